The van der Waals surface area contributed by atoms with Crippen LogP contribution in [0.3, 0.4) is 0 Å². The van der Waals surface area contributed by atoms with Crippen LogP contribution in [0.2, 0.25) is 0 Å². The van der Waals surface area contributed by atoms with Crippen LogP contribution < -0.4 is 0 Å². The van der Waals surface area contributed by atoms with Gasteiger partial charge in [-0.3, -0.25) is 8.98 Å². The molecule has 0 unspecified atom stereocenters. The summed E-state index contributed by atoms with van der Waals surface area (Å²) < 4.78 is 31.5. The second-order valence-electron chi connectivity index (χ2n) is 14.0. The van der Waals surface area contributed by atoms with Crippen molar-refractivity contribution in [1.82, 2.24) is 0 Å². The van der Waals surface area contributed by atoms with Gasteiger partial charge < -0.3 is 0 Å². The highest BCUT2D eigenvalue weighted by Crippen LogP contribution is 2.66. The Morgan fingerprint density at radius 3 is 2.39 bits per heavy atom. The maximum Gasteiger partial charge on any atom is 0.297 e. The van der Waals surface area contributed by atoms with Crippen molar-refractivity contribution in [3.63, 3.8) is 0 Å². The fourth-order valence-electron chi connectivity index (χ4n) is 9.30. The molecule has 3 saturated carbocycles. The molecule has 4 aliphatic carbocycles. The summed E-state index contributed by atoms with van der Waals surface area (Å²) in [6.07, 6.45) is 12.4. The van der Waals surface area contributed by atoms with Gasteiger partial charge in [-0.05, 0) is 104 Å². The topological polar surface area (TPSA) is 60.4 Å². The van der Waals surface area contributed by atoms with Crippen molar-refractivity contribution in [2.75, 3.05) is 0 Å². The molecule has 0 aromatic heterocycles. The van der Waals surface area contributed by atoms with Crippen molar-refractivity contribution in [3.05, 3.63) is 42.0 Å². The molecule has 0 radical (unpaired) electrons. The monoisotopic (exact) mass is 540 g/mol. The number of allylic oxidation sites excluding steroid dienone is 1. The Morgan fingerprint density at radius 1 is 0.947 bits per heavy atom. The molecule has 0 saturated heterocycles. The van der Waals surface area contributed by atoms with Crippen LogP contribution >= 0.6 is 0 Å². The molecule has 5 heteroatoms. The highest BCUT2D eigenvalue weighted by Gasteiger charge is 2.61. The fourth-order valence-corrected chi connectivity index (χ4v) is 10.4. The molecule has 8 atom stereocenters. The molecular weight excluding hydrogens is 492 g/mol. The quantitative estimate of drug-likeness (QED) is 0.314. The van der Waals surface area contributed by atoms with E-state index >= 15 is 0 Å². The van der Waals surface area contributed by atoms with E-state index in [-0.39, 0.29) is 21.6 Å². The zero-order chi connectivity index (χ0) is 27.3. The number of hydrogen-bond acceptors (Lipinski definition) is 4. The molecule has 38 heavy (non-hydrogen) atoms. The maximum atomic E-state index is 13.8. The van der Waals surface area contributed by atoms with Crippen LogP contribution in [0.5, 0.6) is 0 Å². The fraction of sp³-hybridized carbons (Fsp3) is 0.727. The van der Waals surface area contributed by atoms with Crippen LogP contribution in [0.4, 0.5) is 0 Å². The van der Waals surface area contributed by atoms with Crippen LogP contribution in [0.15, 0.2) is 46.9 Å². The molecule has 0 heterocycles. The third-order valence-corrected chi connectivity index (χ3v) is 12.8. The summed E-state index contributed by atoms with van der Waals surface area (Å²) in [5, 5.41) is 0. The molecule has 5 rings (SSSR count). The second-order valence-corrected chi connectivity index (χ2v) is 15.6. The Labute approximate surface area is 231 Å². The first kappa shape index (κ1) is 28.1. The highest BCUT2D eigenvalue weighted by atomic mass is 32.2. The van der Waals surface area contributed by atoms with Crippen LogP contribution in [0.1, 0.15) is 98.8 Å². The third kappa shape index (κ3) is 4.96. The summed E-state index contributed by atoms with van der Waals surface area (Å²) in [5.41, 5.74) is 1.36. The van der Waals surface area contributed by atoms with Crippen LogP contribution in [-0.4, -0.2) is 20.3 Å². The lowest BCUT2D eigenvalue weighted by Crippen LogP contribution is -2.53. The second kappa shape index (κ2) is 10.5. The average Bonchev–Trinajstić information content (AvgIpc) is 3.22. The predicted octanol–water partition coefficient (Wildman–Crippen LogP) is 7.98. The van der Waals surface area contributed by atoms with Gasteiger partial charge in [0, 0.05) is 5.92 Å². The van der Waals surface area contributed by atoms with Gasteiger partial charge in [0.15, 0.2) is 5.78 Å². The summed E-state index contributed by atoms with van der Waals surface area (Å²) >= 11 is 0. The SMILES string of the molecule is CC(C)CCC[C@@H](C)[C@H]1CC[C@H]2[C@@H]3C(=O)C=C4C[C@@H](OS(=O)(=O)c5ccccc5)CC[C@]4(C)[C@H]3CC[C@]12C. The molecule has 4 nitrogen and oxygen atoms in total. The number of fused-ring (bicyclic) bond motifs is 5. The minimum atomic E-state index is -3.81. The Morgan fingerprint density at radius 2 is 1.68 bits per heavy atom. The minimum absolute atomic E-state index is 0.0305. The molecule has 210 valence electrons. The van der Waals surface area contributed by atoms with Crippen LogP contribution in [0, 0.1) is 46.3 Å². The van der Waals surface area contributed by atoms with Crippen molar-refractivity contribution in [2.24, 2.45) is 46.3 Å². The van der Waals surface area contributed by atoms with E-state index in [9.17, 15) is 13.2 Å². The number of ketones is 1. The molecule has 3 fully saturated rings. The van der Waals surface area contributed by atoms with Gasteiger partial charge in [-0.2, -0.15) is 8.42 Å². The number of benzene rings is 1. The van der Waals surface area contributed by atoms with Crippen LogP contribution in [0.25, 0.3) is 0 Å². The standard InChI is InChI=1S/C33H48O4S/c1-22(2)10-9-11-23(3)27-14-15-28-31-29(17-19-33(27,28)5)32(4)18-16-25(20-24(32)21-30(31)34)37-38(35,36)26-12-7-6-8-13-26/h6-8,12-13,21-23,25,27-29,31H,9-11,14-20H2,1-5H3/t23-,25+,27-,28+,29+,31+,32+,33-/m1/s1. The lowest BCUT2D eigenvalue weighted by molar-refractivity contribution is -0.135. The maximum absolute atomic E-state index is 13.8. The van der Waals surface area contributed by atoms with Gasteiger partial charge in [0.2, 0.25) is 0 Å². The van der Waals surface area contributed by atoms with Gasteiger partial charge in [-0.25, -0.2) is 0 Å². The van der Waals surface area contributed by atoms with Gasteiger partial charge in [0.25, 0.3) is 10.1 Å². The molecule has 0 aliphatic heterocycles. The van der Waals surface area contributed by atoms with Crippen molar-refractivity contribution < 1.29 is 17.4 Å². The molecule has 0 spiro atoms. The largest absolute Gasteiger partial charge is 0.297 e. The van der Waals surface area contributed by atoms with E-state index in [1.807, 2.05) is 6.08 Å². The van der Waals surface area contributed by atoms with E-state index < -0.39 is 16.2 Å². The van der Waals surface area contributed by atoms with E-state index in [1.165, 1.54) is 38.5 Å². The van der Waals surface area contributed by atoms with E-state index in [0.717, 1.165) is 42.6 Å². The zero-order valence-corrected chi connectivity index (χ0v) is 24.9. The van der Waals surface area contributed by atoms with Crippen molar-refractivity contribution in [3.8, 4) is 0 Å². The Balaban J connectivity index is 1.32. The Hall–Kier alpha value is -1.46. The van der Waals surface area contributed by atoms with Crippen molar-refractivity contribution >= 4 is 15.9 Å². The minimum Gasteiger partial charge on any atom is -0.295 e. The Bertz CT molecular complexity index is 1150. The molecule has 0 amide bonds. The van der Waals surface area contributed by atoms with E-state index in [0.29, 0.717) is 24.0 Å². The van der Waals surface area contributed by atoms with Gasteiger partial charge in [-0.15, -0.1) is 0 Å². The third-order valence-electron chi connectivity index (χ3n) is 11.4. The number of carbonyl (C=O) groups is 1. The number of hydrogen-bond donors (Lipinski definition) is 0. The van der Waals surface area contributed by atoms with E-state index in [4.69, 9.17) is 4.18 Å². The average molecular weight is 541 g/mol. The summed E-state index contributed by atoms with van der Waals surface area (Å²) in [6.45, 7) is 12.0. The summed E-state index contributed by atoms with van der Waals surface area (Å²) in [6, 6.07) is 8.39. The first-order valence-corrected chi connectivity index (χ1v) is 16.6. The van der Waals surface area contributed by atoms with Crippen molar-refractivity contribution in [2.45, 2.75) is 110 Å². The number of rotatable bonds is 8. The van der Waals surface area contributed by atoms with Crippen LogP contribution in [-0.2, 0) is 19.1 Å². The van der Waals surface area contributed by atoms with Gasteiger partial charge in [0.05, 0.1) is 11.0 Å². The molecule has 0 N–H and O–H groups in total. The lowest BCUT2D eigenvalue weighted by atomic mass is 9.46. The zero-order valence-electron chi connectivity index (χ0n) is 24.1. The van der Waals surface area contributed by atoms with Crippen molar-refractivity contribution in [1.29, 1.82) is 0 Å². The molecule has 1 aromatic rings. The predicted molar refractivity (Wildman–Crippen MR) is 152 cm³/mol. The van der Waals surface area contributed by atoms with Gasteiger partial charge in [-0.1, -0.05) is 77.7 Å². The van der Waals surface area contributed by atoms with E-state index in [2.05, 4.69) is 34.6 Å². The first-order chi connectivity index (χ1) is 18.0. The molecule has 1 aromatic carbocycles. The van der Waals surface area contributed by atoms with Gasteiger partial charge in [0.1, 0.15) is 0 Å². The summed E-state index contributed by atoms with van der Waals surface area (Å²) in [5.74, 6) is 3.49. The first-order valence-electron chi connectivity index (χ1n) is 15.2. The molecule has 4 aliphatic rings. The summed E-state index contributed by atoms with van der Waals surface area (Å²) in [4.78, 5) is 14.0. The number of carbonyl (C=O) groups excluding carboxylic acids is 1. The summed E-state index contributed by atoms with van der Waals surface area (Å²) in [7, 11) is -3.81. The normalized spacial score (nSPS) is 37.8. The van der Waals surface area contributed by atoms with E-state index in [1.54, 1.807) is 30.3 Å². The smallest absolute Gasteiger partial charge is 0.295 e. The Kier molecular flexibility index (Phi) is 7.76. The highest BCUT2D eigenvalue weighted by molar-refractivity contribution is 7.86. The lowest BCUT2D eigenvalue weighted by Gasteiger charge is -2.57. The van der Waals surface area contributed by atoms with Gasteiger partial charge >= 0.3 is 0 Å². The molecule has 0 bridgehead atoms. The molecular formula is C33H48O4S.